The number of rotatable bonds is 7. The van der Waals surface area contributed by atoms with E-state index < -0.39 is 11.7 Å². The van der Waals surface area contributed by atoms with Crippen molar-refractivity contribution in [3.63, 3.8) is 0 Å². The van der Waals surface area contributed by atoms with Gasteiger partial charge in [-0.05, 0) is 6.07 Å². The van der Waals surface area contributed by atoms with Crippen molar-refractivity contribution in [3.05, 3.63) is 29.6 Å². The van der Waals surface area contributed by atoms with Crippen LogP contribution in [0.3, 0.4) is 0 Å². The third-order valence-electron chi connectivity index (χ3n) is 2.05. The number of nitrogens with two attached hydrogens (primary N) is 1. The van der Waals surface area contributed by atoms with Crippen molar-refractivity contribution in [1.29, 1.82) is 0 Å². The predicted molar refractivity (Wildman–Crippen MR) is 59.8 cm³/mol. The van der Waals surface area contributed by atoms with Crippen molar-refractivity contribution in [3.8, 4) is 5.75 Å². The highest BCUT2D eigenvalue weighted by atomic mass is 19.1. The van der Waals surface area contributed by atoms with E-state index in [0.717, 1.165) is 0 Å². The molecular formula is C11H15FN2O3. The molecule has 0 radical (unpaired) electrons. The number of hydrogen-bond donors (Lipinski definition) is 3. The number of hydrogen-bond acceptors (Lipinski definition) is 4. The molecule has 0 unspecified atom stereocenters. The average Bonchev–Trinajstić information content (AvgIpc) is 2.28. The highest BCUT2D eigenvalue weighted by Gasteiger charge is 2.05. The van der Waals surface area contributed by atoms with Gasteiger partial charge in [-0.1, -0.05) is 12.1 Å². The van der Waals surface area contributed by atoms with Gasteiger partial charge in [0.15, 0.2) is 11.6 Å². The van der Waals surface area contributed by atoms with E-state index >= 15 is 0 Å². The van der Waals surface area contributed by atoms with Crippen LogP contribution in [-0.4, -0.2) is 30.8 Å². The zero-order valence-electron chi connectivity index (χ0n) is 9.28. The number of primary amides is 1. The number of phenols is 1. The smallest absolute Gasteiger partial charge is 0.243 e. The van der Waals surface area contributed by atoms with E-state index in [9.17, 15) is 14.3 Å². The molecule has 0 aliphatic rings. The van der Waals surface area contributed by atoms with Gasteiger partial charge in [0.05, 0.1) is 6.61 Å². The minimum absolute atomic E-state index is 0.118. The molecule has 0 heterocycles. The molecule has 4 N–H and O–H groups in total. The summed E-state index contributed by atoms with van der Waals surface area (Å²) < 4.78 is 17.9. The number of halogens is 1. The Hall–Kier alpha value is -1.66. The summed E-state index contributed by atoms with van der Waals surface area (Å²) in [5, 5.41) is 12.3. The molecule has 94 valence electrons. The zero-order chi connectivity index (χ0) is 12.7. The Morgan fingerprint density at radius 3 is 3.00 bits per heavy atom. The lowest BCUT2D eigenvalue weighted by Gasteiger charge is -2.07. The highest BCUT2D eigenvalue weighted by molar-refractivity contribution is 5.74. The molecule has 6 heteroatoms. The zero-order valence-corrected chi connectivity index (χ0v) is 9.28. The van der Waals surface area contributed by atoms with Crippen LogP contribution in [0.1, 0.15) is 5.56 Å². The van der Waals surface area contributed by atoms with Gasteiger partial charge in [-0.15, -0.1) is 0 Å². The molecule has 0 atom stereocenters. The molecule has 1 amide bonds. The van der Waals surface area contributed by atoms with Crippen LogP contribution in [0, 0.1) is 5.82 Å². The van der Waals surface area contributed by atoms with Crippen molar-refractivity contribution in [2.45, 2.75) is 6.54 Å². The van der Waals surface area contributed by atoms with E-state index in [-0.39, 0.29) is 12.4 Å². The molecule has 0 aromatic heterocycles. The number of amides is 1. The van der Waals surface area contributed by atoms with Crippen molar-refractivity contribution < 1.29 is 19.0 Å². The SMILES string of the molecule is NC(=O)COCCNCc1cccc(F)c1O. The third-order valence-corrected chi connectivity index (χ3v) is 2.05. The Labute approximate surface area is 98.4 Å². The van der Waals surface area contributed by atoms with E-state index in [4.69, 9.17) is 10.5 Å². The number of benzene rings is 1. The van der Waals surface area contributed by atoms with Crippen molar-refractivity contribution in [2.24, 2.45) is 5.73 Å². The largest absolute Gasteiger partial charge is 0.505 e. The molecule has 0 saturated carbocycles. The molecule has 0 bridgehead atoms. The second-order valence-electron chi connectivity index (χ2n) is 3.44. The lowest BCUT2D eigenvalue weighted by molar-refractivity contribution is -0.122. The predicted octanol–water partition coefficient (Wildman–Crippen LogP) is 0.123. The van der Waals surface area contributed by atoms with Gasteiger partial charge >= 0.3 is 0 Å². The van der Waals surface area contributed by atoms with E-state index in [1.54, 1.807) is 6.07 Å². The summed E-state index contributed by atoms with van der Waals surface area (Å²) >= 11 is 0. The first kappa shape index (κ1) is 13.4. The average molecular weight is 242 g/mol. The Morgan fingerprint density at radius 2 is 2.29 bits per heavy atom. The molecule has 17 heavy (non-hydrogen) atoms. The lowest BCUT2D eigenvalue weighted by atomic mass is 10.2. The summed E-state index contributed by atoms with van der Waals surface area (Å²) in [6.45, 7) is 0.999. The maximum Gasteiger partial charge on any atom is 0.243 e. The fourth-order valence-electron chi connectivity index (χ4n) is 1.24. The van der Waals surface area contributed by atoms with Crippen molar-refractivity contribution in [2.75, 3.05) is 19.8 Å². The second kappa shape index (κ2) is 6.82. The standard InChI is InChI=1S/C11H15FN2O3/c12-9-3-1-2-8(11(9)16)6-14-4-5-17-7-10(13)15/h1-3,14,16H,4-7H2,(H2,13,15). The number of carbonyl (C=O) groups excluding carboxylic acids is 1. The Kier molecular flexibility index (Phi) is 5.38. The van der Waals surface area contributed by atoms with Gasteiger partial charge in [0.25, 0.3) is 0 Å². The minimum atomic E-state index is -0.644. The van der Waals surface area contributed by atoms with E-state index in [1.165, 1.54) is 12.1 Å². The highest BCUT2D eigenvalue weighted by Crippen LogP contribution is 2.19. The number of aromatic hydroxyl groups is 1. The summed E-state index contributed by atoms with van der Waals surface area (Å²) in [5.74, 6) is -1.51. The van der Waals surface area contributed by atoms with Crippen molar-refractivity contribution >= 4 is 5.91 Å². The third kappa shape index (κ3) is 4.80. The maximum absolute atomic E-state index is 12.9. The van der Waals surface area contributed by atoms with Crippen LogP contribution in [-0.2, 0) is 16.1 Å². The maximum atomic E-state index is 12.9. The molecule has 1 aromatic carbocycles. The van der Waals surface area contributed by atoms with Gasteiger partial charge in [-0.25, -0.2) is 4.39 Å². The fourth-order valence-corrected chi connectivity index (χ4v) is 1.24. The fraction of sp³-hybridized carbons (Fsp3) is 0.364. The van der Waals surface area contributed by atoms with Crippen LogP contribution < -0.4 is 11.1 Å². The first-order valence-corrected chi connectivity index (χ1v) is 5.14. The Balaban J connectivity index is 2.22. The summed E-state index contributed by atoms with van der Waals surface area (Å²) in [4.78, 5) is 10.3. The first-order valence-electron chi connectivity index (χ1n) is 5.14. The number of phenolic OH excluding ortho intramolecular Hbond substituents is 1. The summed E-state index contributed by atoms with van der Waals surface area (Å²) in [7, 11) is 0. The quantitative estimate of drug-likeness (QED) is 0.593. The molecule has 0 fully saturated rings. The van der Waals surface area contributed by atoms with Gasteiger partial charge < -0.3 is 20.9 Å². The van der Waals surface area contributed by atoms with Crippen LogP contribution in [0.15, 0.2) is 18.2 Å². The summed E-state index contributed by atoms with van der Waals surface area (Å²) in [6.07, 6.45) is 0. The van der Waals surface area contributed by atoms with Crippen LogP contribution in [0.2, 0.25) is 0 Å². The lowest BCUT2D eigenvalue weighted by Crippen LogP contribution is -2.23. The molecular weight excluding hydrogens is 227 g/mol. The Bertz CT molecular complexity index is 385. The molecule has 5 nitrogen and oxygen atoms in total. The number of ether oxygens (including phenoxy) is 1. The van der Waals surface area contributed by atoms with Gasteiger partial charge in [-0.3, -0.25) is 4.79 Å². The molecule has 0 spiro atoms. The molecule has 0 saturated heterocycles. The van der Waals surface area contributed by atoms with Gasteiger partial charge in [-0.2, -0.15) is 0 Å². The summed E-state index contributed by atoms with van der Waals surface area (Å²) in [6, 6.07) is 4.33. The van der Waals surface area contributed by atoms with Crippen LogP contribution in [0.5, 0.6) is 5.75 Å². The van der Waals surface area contributed by atoms with Crippen LogP contribution >= 0.6 is 0 Å². The van der Waals surface area contributed by atoms with Gasteiger partial charge in [0, 0.05) is 18.7 Å². The molecule has 0 aliphatic heterocycles. The van der Waals surface area contributed by atoms with Gasteiger partial charge in [0.2, 0.25) is 5.91 Å². The van der Waals surface area contributed by atoms with E-state index in [2.05, 4.69) is 5.32 Å². The number of nitrogens with one attached hydrogen (secondary N) is 1. The monoisotopic (exact) mass is 242 g/mol. The van der Waals surface area contributed by atoms with Crippen LogP contribution in [0.4, 0.5) is 4.39 Å². The molecule has 1 aromatic rings. The van der Waals surface area contributed by atoms with Crippen molar-refractivity contribution in [1.82, 2.24) is 5.32 Å². The number of para-hydroxylation sites is 1. The number of carbonyl (C=O) groups is 1. The summed E-state index contributed by atoms with van der Waals surface area (Å²) in [5.41, 5.74) is 5.35. The van der Waals surface area contributed by atoms with E-state index in [0.29, 0.717) is 25.3 Å². The molecule has 1 rings (SSSR count). The molecule has 0 aliphatic carbocycles. The second-order valence-corrected chi connectivity index (χ2v) is 3.44. The van der Waals surface area contributed by atoms with Gasteiger partial charge in [0.1, 0.15) is 6.61 Å². The Morgan fingerprint density at radius 1 is 1.53 bits per heavy atom. The first-order chi connectivity index (χ1) is 8.11. The van der Waals surface area contributed by atoms with E-state index in [1.807, 2.05) is 0 Å². The minimum Gasteiger partial charge on any atom is -0.505 e. The van der Waals surface area contributed by atoms with Crippen LogP contribution in [0.25, 0.3) is 0 Å². The topological polar surface area (TPSA) is 84.6 Å². The normalized spacial score (nSPS) is 10.4.